The van der Waals surface area contributed by atoms with Crippen molar-refractivity contribution in [2.75, 3.05) is 0 Å². The number of benzene rings is 1. The van der Waals surface area contributed by atoms with Crippen LogP contribution in [-0.2, 0) is 4.79 Å². The molecule has 0 atom stereocenters. The molecule has 0 fully saturated rings. The molecule has 3 heteroatoms. The van der Waals surface area contributed by atoms with Crippen molar-refractivity contribution in [3.63, 3.8) is 0 Å². The summed E-state index contributed by atoms with van der Waals surface area (Å²) < 4.78 is 0. The first kappa shape index (κ1) is 12.9. The first-order chi connectivity index (χ1) is 7.97. The van der Waals surface area contributed by atoms with Crippen LogP contribution in [0.25, 0.3) is 6.08 Å². The summed E-state index contributed by atoms with van der Waals surface area (Å²) in [5.74, 6) is -0.203. The van der Waals surface area contributed by atoms with Gasteiger partial charge in [-0.2, -0.15) is 0 Å². The first-order valence-electron chi connectivity index (χ1n) is 5.13. The Morgan fingerprint density at radius 1 is 1.35 bits per heavy atom. The first-order valence-corrected chi connectivity index (χ1v) is 5.13. The highest BCUT2D eigenvalue weighted by molar-refractivity contribution is 5.97. The number of rotatable bonds is 4. The van der Waals surface area contributed by atoms with Crippen molar-refractivity contribution in [2.24, 2.45) is 0 Å². The van der Waals surface area contributed by atoms with Gasteiger partial charge in [0.1, 0.15) is 5.75 Å². The molecule has 0 radical (unpaired) electrons. The van der Waals surface area contributed by atoms with Gasteiger partial charge in [0.05, 0.1) is 5.56 Å². The maximum atomic E-state index is 11.0. The van der Waals surface area contributed by atoms with Gasteiger partial charge in [0.15, 0.2) is 12.1 Å². The van der Waals surface area contributed by atoms with Crippen molar-refractivity contribution >= 4 is 18.1 Å². The number of allylic oxidation sites excluding steroid dienone is 2. The van der Waals surface area contributed by atoms with Crippen LogP contribution < -0.4 is 0 Å². The van der Waals surface area contributed by atoms with Crippen molar-refractivity contribution < 1.29 is 14.7 Å². The maximum Gasteiger partial charge on any atom is 0.159 e. The third-order valence-electron chi connectivity index (χ3n) is 2.50. The van der Waals surface area contributed by atoms with Gasteiger partial charge in [0.25, 0.3) is 0 Å². The highest BCUT2D eigenvalue weighted by atomic mass is 16.3. The number of carbonyl (C=O) groups is 2. The minimum atomic E-state index is -0.133. The minimum absolute atomic E-state index is 0.0707. The van der Waals surface area contributed by atoms with Crippen LogP contribution in [-0.4, -0.2) is 17.2 Å². The van der Waals surface area contributed by atoms with Crippen LogP contribution in [0.4, 0.5) is 0 Å². The van der Waals surface area contributed by atoms with Gasteiger partial charge in [-0.25, -0.2) is 0 Å². The summed E-state index contributed by atoms with van der Waals surface area (Å²) in [6, 6.07) is 3.18. The Labute approximate surface area is 100 Å². The number of phenols is 1. The number of carbonyl (C=O) groups excluding carboxylic acids is 2. The standard InChI is InChI=1S/C14H14O3/c1-9(11(3)16)4-6-12-10(2)5-7-14(17)13(12)8-15/h4-8,17H,1H2,2-3H3/b6-4-. The summed E-state index contributed by atoms with van der Waals surface area (Å²) >= 11 is 0. The summed E-state index contributed by atoms with van der Waals surface area (Å²) in [5.41, 5.74) is 2.02. The number of aryl methyl sites for hydroxylation is 1. The fourth-order valence-electron chi connectivity index (χ4n) is 1.38. The molecule has 0 saturated heterocycles. The summed E-state index contributed by atoms with van der Waals surface area (Å²) in [5, 5.41) is 9.54. The van der Waals surface area contributed by atoms with E-state index in [1.807, 2.05) is 6.92 Å². The number of hydrogen-bond acceptors (Lipinski definition) is 3. The Kier molecular flexibility index (Phi) is 3.99. The van der Waals surface area contributed by atoms with Crippen LogP contribution in [0.2, 0.25) is 0 Å². The highest BCUT2D eigenvalue weighted by Crippen LogP contribution is 2.24. The molecule has 1 aromatic carbocycles. The number of hydrogen-bond donors (Lipinski definition) is 1. The van der Waals surface area contributed by atoms with E-state index in [0.29, 0.717) is 17.4 Å². The zero-order valence-electron chi connectivity index (χ0n) is 9.86. The van der Waals surface area contributed by atoms with Crippen molar-refractivity contribution in [3.8, 4) is 5.75 Å². The smallest absolute Gasteiger partial charge is 0.159 e. The molecule has 1 N–H and O–H groups in total. The van der Waals surface area contributed by atoms with E-state index in [4.69, 9.17) is 0 Å². The van der Waals surface area contributed by atoms with Crippen LogP contribution in [0.3, 0.4) is 0 Å². The lowest BCUT2D eigenvalue weighted by Crippen LogP contribution is -1.93. The molecule has 0 heterocycles. The number of ketones is 1. The summed E-state index contributed by atoms with van der Waals surface area (Å²) in [7, 11) is 0. The number of phenolic OH excluding ortho intramolecular Hbond substituents is 1. The molecular formula is C14H14O3. The average Bonchev–Trinajstić information content (AvgIpc) is 2.29. The Balaban J connectivity index is 3.22. The Morgan fingerprint density at radius 2 is 2.00 bits per heavy atom. The average molecular weight is 230 g/mol. The molecular weight excluding hydrogens is 216 g/mol. The highest BCUT2D eigenvalue weighted by Gasteiger charge is 2.07. The van der Waals surface area contributed by atoms with Crippen LogP contribution >= 0.6 is 0 Å². The van der Waals surface area contributed by atoms with Crippen molar-refractivity contribution in [3.05, 3.63) is 47.1 Å². The molecule has 0 unspecified atom stereocenters. The molecule has 0 saturated carbocycles. The number of aldehydes is 1. The van der Waals surface area contributed by atoms with Gasteiger partial charge in [-0.3, -0.25) is 9.59 Å². The minimum Gasteiger partial charge on any atom is -0.507 e. The van der Waals surface area contributed by atoms with E-state index >= 15 is 0 Å². The quantitative estimate of drug-likeness (QED) is 0.491. The van der Waals surface area contributed by atoms with E-state index in [-0.39, 0.29) is 17.1 Å². The van der Waals surface area contributed by atoms with Gasteiger partial charge in [-0.05, 0) is 31.0 Å². The van der Waals surface area contributed by atoms with Gasteiger partial charge in [-0.15, -0.1) is 0 Å². The summed E-state index contributed by atoms with van der Waals surface area (Å²) in [6.07, 6.45) is 3.75. The Bertz CT molecular complexity index is 510. The molecule has 0 spiro atoms. The SMILES string of the molecule is C=C(/C=C\c1c(C)ccc(O)c1C=O)C(C)=O. The summed E-state index contributed by atoms with van der Waals surface area (Å²) in [4.78, 5) is 21.9. The van der Waals surface area contributed by atoms with Crippen LogP contribution in [0.1, 0.15) is 28.4 Å². The van der Waals surface area contributed by atoms with Crippen molar-refractivity contribution in [1.29, 1.82) is 0 Å². The molecule has 3 nitrogen and oxygen atoms in total. The van der Waals surface area contributed by atoms with Crippen LogP contribution in [0.15, 0.2) is 30.4 Å². The van der Waals surface area contributed by atoms with Gasteiger partial charge in [-0.1, -0.05) is 24.8 Å². The van der Waals surface area contributed by atoms with Crippen LogP contribution in [0, 0.1) is 6.92 Å². The van der Waals surface area contributed by atoms with Crippen LogP contribution in [0.5, 0.6) is 5.75 Å². The van der Waals surface area contributed by atoms with Gasteiger partial charge < -0.3 is 5.11 Å². The Hall–Kier alpha value is -2.16. The van der Waals surface area contributed by atoms with E-state index < -0.39 is 0 Å². The van der Waals surface area contributed by atoms with E-state index in [2.05, 4.69) is 6.58 Å². The molecule has 17 heavy (non-hydrogen) atoms. The molecule has 0 aliphatic heterocycles. The fourth-order valence-corrected chi connectivity index (χ4v) is 1.38. The molecule has 1 rings (SSSR count). The van der Waals surface area contributed by atoms with E-state index in [1.54, 1.807) is 12.1 Å². The van der Waals surface area contributed by atoms with Gasteiger partial charge in [0.2, 0.25) is 0 Å². The monoisotopic (exact) mass is 230 g/mol. The molecule has 0 aliphatic rings. The normalized spacial score (nSPS) is 10.5. The van der Waals surface area contributed by atoms with Crippen molar-refractivity contribution in [1.82, 2.24) is 0 Å². The zero-order chi connectivity index (χ0) is 13.0. The molecule has 88 valence electrons. The third-order valence-corrected chi connectivity index (χ3v) is 2.50. The third kappa shape index (κ3) is 2.91. The second kappa shape index (κ2) is 5.25. The van der Waals surface area contributed by atoms with Gasteiger partial charge >= 0.3 is 0 Å². The lowest BCUT2D eigenvalue weighted by molar-refractivity contribution is -0.113. The van der Waals surface area contributed by atoms with E-state index in [9.17, 15) is 14.7 Å². The van der Waals surface area contributed by atoms with Gasteiger partial charge in [0, 0.05) is 5.57 Å². The molecule has 0 bridgehead atoms. The Morgan fingerprint density at radius 3 is 2.53 bits per heavy atom. The second-order valence-corrected chi connectivity index (χ2v) is 3.76. The number of Topliss-reactive ketones (excluding diaryl/α,β-unsaturated/α-hetero) is 1. The molecule has 0 aliphatic carbocycles. The number of aromatic hydroxyl groups is 1. The lowest BCUT2D eigenvalue weighted by Gasteiger charge is -2.06. The molecule has 0 aromatic heterocycles. The lowest BCUT2D eigenvalue weighted by atomic mass is 10.00. The predicted octanol–water partition coefficient (Wildman–Crippen LogP) is 2.67. The second-order valence-electron chi connectivity index (χ2n) is 3.76. The fraction of sp³-hybridized carbons (Fsp3) is 0.143. The molecule has 0 amide bonds. The molecule has 1 aromatic rings. The van der Waals surface area contributed by atoms with E-state index in [1.165, 1.54) is 19.1 Å². The van der Waals surface area contributed by atoms with E-state index in [0.717, 1.165) is 5.56 Å². The predicted molar refractivity (Wildman–Crippen MR) is 67.1 cm³/mol. The largest absolute Gasteiger partial charge is 0.507 e. The topological polar surface area (TPSA) is 54.4 Å². The zero-order valence-corrected chi connectivity index (χ0v) is 9.86. The van der Waals surface area contributed by atoms with Crippen molar-refractivity contribution in [2.45, 2.75) is 13.8 Å². The summed E-state index contributed by atoms with van der Waals surface area (Å²) in [6.45, 7) is 6.83. The maximum absolute atomic E-state index is 11.0.